The molecule has 120 valence electrons. The Kier molecular flexibility index (Phi) is 4.44. The summed E-state index contributed by atoms with van der Waals surface area (Å²) in [5.74, 6) is 1.09. The maximum atomic E-state index is 5.62. The van der Waals surface area contributed by atoms with Crippen molar-refractivity contribution >= 4 is 11.2 Å². The minimum absolute atomic E-state index is 0.688. The topological polar surface area (TPSA) is 56.7 Å². The molecule has 0 amide bonds. The first-order chi connectivity index (χ1) is 11.1. The lowest BCUT2D eigenvalue weighted by molar-refractivity contribution is 0.745. The normalized spacial score (nSPS) is 11.3. The first-order valence-corrected chi connectivity index (χ1v) is 8.23. The molecule has 0 fully saturated rings. The molecule has 3 aromatic rings. The van der Waals surface area contributed by atoms with Gasteiger partial charge in [0.2, 0.25) is 0 Å². The number of benzene rings is 1. The van der Waals surface area contributed by atoms with Crippen LogP contribution in [0.25, 0.3) is 11.2 Å². The van der Waals surface area contributed by atoms with E-state index >= 15 is 0 Å². The van der Waals surface area contributed by atoms with Crippen molar-refractivity contribution in [3.8, 4) is 0 Å². The molecular weight excluding hydrogens is 284 g/mol. The molecule has 4 heteroatoms. The van der Waals surface area contributed by atoms with Crippen LogP contribution in [-0.4, -0.2) is 21.1 Å². The van der Waals surface area contributed by atoms with Gasteiger partial charge in [-0.2, -0.15) is 0 Å². The lowest BCUT2D eigenvalue weighted by Gasteiger charge is -2.09. The summed E-state index contributed by atoms with van der Waals surface area (Å²) in [4.78, 5) is 9.53. The highest BCUT2D eigenvalue weighted by atomic mass is 15.1. The average Bonchev–Trinajstić information content (AvgIpc) is 2.88. The van der Waals surface area contributed by atoms with E-state index in [1.807, 2.05) is 6.92 Å². The van der Waals surface area contributed by atoms with Crippen molar-refractivity contribution in [3.63, 3.8) is 0 Å². The van der Waals surface area contributed by atoms with Crippen molar-refractivity contribution in [1.82, 2.24) is 14.5 Å². The van der Waals surface area contributed by atoms with Crippen molar-refractivity contribution in [2.45, 2.75) is 40.2 Å². The van der Waals surface area contributed by atoms with Gasteiger partial charge >= 0.3 is 0 Å². The van der Waals surface area contributed by atoms with Gasteiger partial charge in [0.25, 0.3) is 0 Å². The smallest absolute Gasteiger partial charge is 0.160 e. The van der Waals surface area contributed by atoms with E-state index in [-0.39, 0.29) is 0 Å². The highest BCUT2D eigenvalue weighted by molar-refractivity contribution is 5.76. The minimum atomic E-state index is 0.688. The van der Waals surface area contributed by atoms with E-state index in [0.29, 0.717) is 6.54 Å². The van der Waals surface area contributed by atoms with Crippen molar-refractivity contribution in [2.24, 2.45) is 5.73 Å². The van der Waals surface area contributed by atoms with Crippen molar-refractivity contribution in [2.75, 3.05) is 6.54 Å². The summed E-state index contributed by atoms with van der Waals surface area (Å²) < 4.78 is 2.24. The summed E-state index contributed by atoms with van der Waals surface area (Å²) in [5, 5.41) is 0. The molecule has 0 unspecified atom stereocenters. The van der Waals surface area contributed by atoms with Crippen LogP contribution in [-0.2, 0) is 19.4 Å². The molecular formula is C19H24N4. The summed E-state index contributed by atoms with van der Waals surface area (Å²) in [6, 6.07) is 10.8. The van der Waals surface area contributed by atoms with Crippen LogP contribution in [0.2, 0.25) is 0 Å². The largest absolute Gasteiger partial charge is 0.330 e. The number of rotatable bonds is 5. The third kappa shape index (κ3) is 3.13. The Labute approximate surface area is 137 Å². The second kappa shape index (κ2) is 6.50. The Hall–Kier alpha value is -2.20. The zero-order valence-corrected chi connectivity index (χ0v) is 14.1. The molecule has 0 saturated heterocycles. The van der Waals surface area contributed by atoms with Crippen LogP contribution < -0.4 is 5.73 Å². The number of hydrogen-bond donors (Lipinski definition) is 1. The van der Waals surface area contributed by atoms with Crippen LogP contribution in [0, 0.1) is 13.8 Å². The fraction of sp³-hybridized carbons (Fsp3) is 0.368. The highest BCUT2D eigenvalue weighted by Crippen LogP contribution is 2.21. The van der Waals surface area contributed by atoms with Crippen molar-refractivity contribution < 1.29 is 0 Å². The van der Waals surface area contributed by atoms with Crippen LogP contribution in [0.5, 0.6) is 0 Å². The first kappa shape index (κ1) is 15.7. The third-order valence-corrected chi connectivity index (χ3v) is 4.21. The molecule has 3 rings (SSSR count). The van der Waals surface area contributed by atoms with Crippen LogP contribution in [0.3, 0.4) is 0 Å². The summed E-state index contributed by atoms with van der Waals surface area (Å²) in [7, 11) is 0. The zero-order valence-electron chi connectivity index (χ0n) is 14.1. The highest BCUT2D eigenvalue weighted by Gasteiger charge is 2.13. The molecule has 0 aliphatic rings. The van der Waals surface area contributed by atoms with Gasteiger partial charge in [-0.15, -0.1) is 0 Å². The first-order valence-electron chi connectivity index (χ1n) is 8.23. The van der Waals surface area contributed by atoms with E-state index < -0.39 is 0 Å². The van der Waals surface area contributed by atoms with Crippen LogP contribution in [0.15, 0.2) is 30.3 Å². The molecule has 0 atom stereocenters. The van der Waals surface area contributed by atoms with E-state index in [9.17, 15) is 0 Å². The second-order valence-corrected chi connectivity index (χ2v) is 6.08. The van der Waals surface area contributed by atoms with Gasteiger partial charge in [-0.25, -0.2) is 9.97 Å². The number of fused-ring (bicyclic) bond motifs is 1. The lowest BCUT2D eigenvalue weighted by Crippen LogP contribution is -2.06. The fourth-order valence-corrected chi connectivity index (χ4v) is 3.04. The van der Waals surface area contributed by atoms with Gasteiger partial charge in [-0.3, -0.25) is 0 Å². The van der Waals surface area contributed by atoms with Gasteiger partial charge in [0.15, 0.2) is 5.65 Å². The van der Waals surface area contributed by atoms with Crippen molar-refractivity contribution in [1.29, 1.82) is 0 Å². The molecule has 1 aromatic carbocycles. The number of aryl methyl sites for hydroxylation is 3. The molecule has 0 spiro atoms. The molecule has 0 radical (unpaired) electrons. The Morgan fingerprint density at radius 3 is 2.39 bits per heavy atom. The molecule has 4 nitrogen and oxygen atoms in total. The minimum Gasteiger partial charge on any atom is -0.330 e. The average molecular weight is 308 g/mol. The number of hydrogen-bond acceptors (Lipinski definition) is 3. The SMILES string of the molecule is CCc1nc2c(C)cc(C)nc2n1Cc1ccc(CCN)cc1. The lowest BCUT2D eigenvalue weighted by atomic mass is 10.1. The molecule has 0 saturated carbocycles. The second-order valence-electron chi connectivity index (χ2n) is 6.08. The summed E-state index contributed by atoms with van der Waals surface area (Å²) in [5.41, 5.74) is 12.4. The summed E-state index contributed by atoms with van der Waals surface area (Å²) in [6.07, 6.45) is 1.83. The number of pyridine rings is 1. The standard InChI is InChI=1S/C19H24N4/c1-4-17-22-18-13(2)11-14(3)21-19(18)23(17)12-16-7-5-15(6-8-16)9-10-20/h5-8,11H,4,9-10,12,20H2,1-3H3. The number of nitrogens with two attached hydrogens (primary N) is 1. The Balaban J connectivity index is 2.01. The van der Waals surface area contributed by atoms with Crippen LogP contribution in [0.4, 0.5) is 0 Å². The van der Waals surface area contributed by atoms with E-state index in [1.54, 1.807) is 0 Å². The molecule has 2 N–H and O–H groups in total. The van der Waals surface area contributed by atoms with E-state index in [2.05, 4.69) is 48.7 Å². The van der Waals surface area contributed by atoms with Crippen LogP contribution >= 0.6 is 0 Å². The van der Waals surface area contributed by atoms with Gasteiger partial charge in [-0.1, -0.05) is 31.2 Å². The number of aromatic nitrogens is 3. The molecule has 0 bridgehead atoms. The predicted octanol–water partition coefficient (Wildman–Crippen LogP) is 3.16. The Morgan fingerprint density at radius 1 is 1.04 bits per heavy atom. The van der Waals surface area contributed by atoms with Gasteiger partial charge in [-0.05, 0) is 49.6 Å². The third-order valence-electron chi connectivity index (χ3n) is 4.21. The quantitative estimate of drug-likeness (QED) is 0.787. The van der Waals surface area contributed by atoms with Gasteiger partial charge in [0.1, 0.15) is 11.3 Å². The zero-order chi connectivity index (χ0) is 16.4. The molecule has 2 heterocycles. The number of nitrogens with zero attached hydrogens (tertiary/aromatic N) is 3. The fourth-order valence-electron chi connectivity index (χ4n) is 3.04. The molecule has 0 aliphatic carbocycles. The van der Waals surface area contributed by atoms with Crippen LogP contribution in [0.1, 0.15) is 35.1 Å². The van der Waals surface area contributed by atoms with E-state index in [1.165, 1.54) is 16.7 Å². The number of imidazole rings is 1. The van der Waals surface area contributed by atoms with Gasteiger partial charge in [0, 0.05) is 12.1 Å². The van der Waals surface area contributed by atoms with Gasteiger partial charge < -0.3 is 10.3 Å². The van der Waals surface area contributed by atoms with E-state index in [0.717, 1.165) is 42.1 Å². The molecule has 2 aromatic heterocycles. The van der Waals surface area contributed by atoms with Crippen molar-refractivity contribution in [3.05, 3.63) is 58.5 Å². The maximum Gasteiger partial charge on any atom is 0.160 e. The maximum absolute atomic E-state index is 5.62. The van der Waals surface area contributed by atoms with Gasteiger partial charge in [0.05, 0.1) is 6.54 Å². The summed E-state index contributed by atoms with van der Waals surface area (Å²) >= 11 is 0. The van der Waals surface area contributed by atoms with E-state index in [4.69, 9.17) is 15.7 Å². The predicted molar refractivity (Wildman–Crippen MR) is 94.7 cm³/mol. The Morgan fingerprint density at radius 2 is 1.74 bits per heavy atom. The summed E-state index contributed by atoms with van der Waals surface area (Å²) in [6.45, 7) is 7.78. The molecule has 23 heavy (non-hydrogen) atoms. The monoisotopic (exact) mass is 308 g/mol. The molecule has 0 aliphatic heterocycles. The Bertz CT molecular complexity index is 815.